The molecule has 1 atom stereocenters. The van der Waals surface area contributed by atoms with Crippen molar-refractivity contribution in [1.29, 1.82) is 0 Å². The number of hydrogen-bond acceptors (Lipinski definition) is 3. The molecule has 1 aliphatic heterocycles. The maximum Gasteiger partial charge on any atom is 0.246 e. The predicted octanol–water partition coefficient (Wildman–Crippen LogP) is 0.527. The number of hydrogen-bond donors (Lipinski definition) is 2. The second kappa shape index (κ2) is 4.00. The van der Waals surface area contributed by atoms with Gasteiger partial charge in [-0.15, -0.1) is 0 Å². The second-order valence-electron chi connectivity index (χ2n) is 6.04. The first-order chi connectivity index (χ1) is 7.41. The molecule has 16 heavy (non-hydrogen) atoms. The van der Waals surface area contributed by atoms with Crippen LogP contribution in [0.1, 0.15) is 27.2 Å². The average molecular weight is 226 g/mol. The van der Waals surface area contributed by atoms with Crippen LogP contribution >= 0.6 is 0 Å². The van der Waals surface area contributed by atoms with E-state index in [1.165, 1.54) is 6.42 Å². The van der Waals surface area contributed by atoms with E-state index in [4.69, 9.17) is 4.74 Å². The standard InChI is InChI=1S/C12H22N2O2/c1-11(2)4-9(11)5-14-10(15)6-16-12(3)7-13-8-12/h9,13H,4-8H2,1-3H3,(H,14,15). The van der Waals surface area contributed by atoms with Gasteiger partial charge < -0.3 is 15.4 Å². The summed E-state index contributed by atoms with van der Waals surface area (Å²) in [5.41, 5.74) is 0.300. The minimum atomic E-state index is -0.129. The summed E-state index contributed by atoms with van der Waals surface area (Å²) >= 11 is 0. The Bertz CT molecular complexity index is 285. The van der Waals surface area contributed by atoms with Crippen molar-refractivity contribution in [1.82, 2.24) is 10.6 Å². The molecule has 4 nitrogen and oxygen atoms in total. The molecule has 1 heterocycles. The van der Waals surface area contributed by atoms with Crippen LogP contribution in [0.5, 0.6) is 0 Å². The fourth-order valence-electron chi connectivity index (χ4n) is 2.03. The molecule has 0 aromatic heterocycles. The lowest BCUT2D eigenvalue weighted by Gasteiger charge is -2.38. The van der Waals surface area contributed by atoms with Gasteiger partial charge in [0.2, 0.25) is 5.91 Å². The summed E-state index contributed by atoms with van der Waals surface area (Å²) in [5, 5.41) is 6.08. The molecule has 2 rings (SSSR count). The van der Waals surface area contributed by atoms with Crippen molar-refractivity contribution in [3.8, 4) is 0 Å². The molecular weight excluding hydrogens is 204 g/mol. The van der Waals surface area contributed by atoms with Crippen LogP contribution in [0.25, 0.3) is 0 Å². The lowest BCUT2D eigenvalue weighted by atomic mass is 10.0. The van der Waals surface area contributed by atoms with Crippen molar-refractivity contribution in [2.45, 2.75) is 32.8 Å². The molecule has 0 spiro atoms. The first-order valence-corrected chi connectivity index (χ1v) is 6.03. The van der Waals surface area contributed by atoms with Crippen molar-refractivity contribution in [3.05, 3.63) is 0 Å². The maximum absolute atomic E-state index is 11.5. The summed E-state index contributed by atoms with van der Waals surface area (Å²) in [6.45, 7) is 9.17. The van der Waals surface area contributed by atoms with Crippen LogP contribution in [-0.4, -0.2) is 37.7 Å². The third-order valence-electron chi connectivity index (χ3n) is 3.81. The SMILES string of the molecule is CC1(OCC(=O)NCC2CC2(C)C)CNC1. The Kier molecular flexibility index (Phi) is 2.97. The number of carbonyl (C=O) groups excluding carboxylic acids is 1. The Morgan fingerprint density at radius 3 is 2.50 bits per heavy atom. The van der Waals surface area contributed by atoms with Gasteiger partial charge in [0.05, 0.1) is 5.60 Å². The van der Waals surface area contributed by atoms with Crippen LogP contribution in [0.15, 0.2) is 0 Å². The van der Waals surface area contributed by atoms with Crippen LogP contribution in [0.3, 0.4) is 0 Å². The Hall–Kier alpha value is -0.610. The van der Waals surface area contributed by atoms with E-state index in [1.54, 1.807) is 0 Å². The Labute approximate surface area is 97.1 Å². The van der Waals surface area contributed by atoms with E-state index in [1.807, 2.05) is 6.92 Å². The number of ether oxygens (including phenoxy) is 1. The van der Waals surface area contributed by atoms with Gasteiger partial charge >= 0.3 is 0 Å². The molecule has 0 aromatic carbocycles. The minimum Gasteiger partial charge on any atom is -0.363 e. The van der Waals surface area contributed by atoms with Gasteiger partial charge in [-0.25, -0.2) is 0 Å². The summed E-state index contributed by atoms with van der Waals surface area (Å²) < 4.78 is 5.56. The highest BCUT2D eigenvalue weighted by Gasteiger charge is 2.45. The van der Waals surface area contributed by atoms with E-state index in [-0.39, 0.29) is 18.1 Å². The smallest absolute Gasteiger partial charge is 0.246 e. The highest BCUT2D eigenvalue weighted by molar-refractivity contribution is 5.77. The first-order valence-electron chi connectivity index (χ1n) is 6.03. The molecule has 4 heteroatoms. The zero-order chi connectivity index (χ0) is 11.8. The molecule has 2 aliphatic rings. The van der Waals surface area contributed by atoms with E-state index < -0.39 is 0 Å². The molecule has 1 saturated carbocycles. The van der Waals surface area contributed by atoms with E-state index in [2.05, 4.69) is 24.5 Å². The quantitative estimate of drug-likeness (QED) is 0.719. The monoisotopic (exact) mass is 226 g/mol. The van der Waals surface area contributed by atoms with Gasteiger partial charge in [-0.1, -0.05) is 13.8 Å². The van der Waals surface area contributed by atoms with Gasteiger partial charge in [0, 0.05) is 19.6 Å². The van der Waals surface area contributed by atoms with E-state index >= 15 is 0 Å². The summed E-state index contributed by atoms with van der Waals surface area (Å²) in [4.78, 5) is 11.5. The van der Waals surface area contributed by atoms with Crippen LogP contribution in [-0.2, 0) is 9.53 Å². The molecular formula is C12H22N2O2. The van der Waals surface area contributed by atoms with Gasteiger partial charge in [0.15, 0.2) is 0 Å². The van der Waals surface area contributed by atoms with Gasteiger partial charge in [-0.2, -0.15) is 0 Å². The predicted molar refractivity (Wildman–Crippen MR) is 62.1 cm³/mol. The average Bonchev–Trinajstić information content (AvgIpc) is 2.77. The lowest BCUT2D eigenvalue weighted by Crippen LogP contribution is -2.59. The van der Waals surface area contributed by atoms with E-state index in [0.29, 0.717) is 11.3 Å². The molecule has 1 aliphatic carbocycles. The van der Waals surface area contributed by atoms with Crippen molar-refractivity contribution >= 4 is 5.91 Å². The third-order valence-corrected chi connectivity index (χ3v) is 3.81. The fourth-order valence-corrected chi connectivity index (χ4v) is 2.03. The van der Waals surface area contributed by atoms with Crippen LogP contribution in [0.2, 0.25) is 0 Å². The summed E-state index contributed by atoms with van der Waals surface area (Å²) in [7, 11) is 0. The topological polar surface area (TPSA) is 50.4 Å². The van der Waals surface area contributed by atoms with Gasteiger partial charge in [0.25, 0.3) is 0 Å². The second-order valence-corrected chi connectivity index (χ2v) is 6.04. The molecule has 2 fully saturated rings. The van der Waals surface area contributed by atoms with Crippen LogP contribution in [0.4, 0.5) is 0 Å². The normalized spacial score (nSPS) is 29.3. The van der Waals surface area contributed by atoms with Crippen molar-refractivity contribution < 1.29 is 9.53 Å². The third kappa shape index (κ3) is 2.74. The largest absolute Gasteiger partial charge is 0.363 e. The number of rotatable bonds is 5. The fraction of sp³-hybridized carbons (Fsp3) is 0.917. The molecule has 92 valence electrons. The lowest BCUT2D eigenvalue weighted by molar-refractivity contribution is -0.135. The van der Waals surface area contributed by atoms with Crippen LogP contribution < -0.4 is 10.6 Å². The Morgan fingerprint density at radius 2 is 2.06 bits per heavy atom. The molecule has 1 amide bonds. The zero-order valence-corrected chi connectivity index (χ0v) is 10.4. The number of carbonyl (C=O) groups is 1. The highest BCUT2D eigenvalue weighted by atomic mass is 16.5. The Balaban J connectivity index is 1.58. The Morgan fingerprint density at radius 1 is 1.44 bits per heavy atom. The summed E-state index contributed by atoms with van der Waals surface area (Å²) in [6, 6.07) is 0. The minimum absolute atomic E-state index is 0.0100. The van der Waals surface area contributed by atoms with Crippen molar-refractivity contribution in [2.24, 2.45) is 11.3 Å². The van der Waals surface area contributed by atoms with Crippen molar-refractivity contribution in [2.75, 3.05) is 26.2 Å². The number of amides is 1. The van der Waals surface area contributed by atoms with Crippen molar-refractivity contribution in [3.63, 3.8) is 0 Å². The van der Waals surface area contributed by atoms with Gasteiger partial charge in [0.1, 0.15) is 6.61 Å². The zero-order valence-electron chi connectivity index (χ0n) is 10.4. The molecule has 0 bridgehead atoms. The maximum atomic E-state index is 11.5. The number of nitrogens with one attached hydrogen (secondary N) is 2. The summed E-state index contributed by atoms with van der Waals surface area (Å²) in [6.07, 6.45) is 1.22. The molecule has 0 radical (unpaired) electrons. The molecule has 1 unspecified atom stereocenters. The van der Waals surface area contributed by atoms with E-state index in [9.17, 15) is 4.79 Å². The molecule has 2 N–H and O–H groups in total. The van der Waals surface area contributed by atoms with Crippen LogP contribution in [0, 0.1) is 11.3 Å². The van der Waals surface area contributed by atoms with E-state index in [0.717, 1.165) is 19.6 Å². The summed E-state index contributed by atoms with van der Waals surface area (Å²) in [5.74, 6) is 0.660. The first kappa shape index (κ1) is 11.9. The molecule has 1 saturated heterocycles. The van der Waals surface area contributed by atoms with Gasteiger partial charge in [-0.05, 0) is 24.7 Å². The molecule has 0 aromatic rings. The van der Waals surface area contributed by atoms with Gasteiger partial charge in [-0.3, -0.25) is 4.79 Å². The highest BCUT2D eigenvalue weighted by Crippen LogP contribution is 2.50.